The molecule has 8 nitrogen and oxygen atoms in total. The van der Waals surface area contributed by atoms with Crippen LogP contribution in [0, 0.1) is 100 Å². The highest BCUT2D eigenvalue weighted by atomic mass is 16.6. The van der Waals surface area contributed by atoms with E-state index in [2.05, 4.69) is 126 Å². The lowest BCUT2D eigenvalue weighted by molar-refractivity contribution is -0.203. The third-order valence-corrected chi connectivity index (χ3v) is 26.8. The van der Waals surface area contributed by atoms with Crippen LogP contribution in [0.5, 0.6) is 0 Å². The Hall–Kier alpha value is -2.61. The molecule has 10 aliphatic carbocycles. The van der Waals surface area contributed by atoms with Crippen LogP contribution in [0.15, 0.2) is 35.5 Å². The first-order chi connectivity index (χ1) is 35.6. The van der Waals surface area contributed by atoms with Gasteiger partial charge >= 0.3 is 12.2 Å². The Labute approximate surface area is 475 Å². The van der Waals surface area contributed by atoms with Crippen molar-refractivity contribution in [2.24, 2.45) is 100 Å². The highest BCUT2D eigenvalue weighted by molar-refractivity contribution is 5.95. The summed E-state index contributed by atoms with van der Waals surface area (Å²) in [6, 6.07) is 0. The van der Waals surface area contributed by atoms with Crippen molar-refractivity contribution in [1.82, 2.24) is 10.6 Å². The standard InChI is InChI=1S/C35H59NO3.C35H55NO3/c2*1-29(2,3)39-28(38)36-22-35-19-17-30(4,5)21-24(35)23-11-12-26-32(8)15-14-27(37)31(6,7)25(32)13-16-34(26,10)33(23,9)18-20-35/h11,24-27,37H,12-22H2,1-10H3,(H,36,38);11,14-15,24-26H,12-13,16-22H2,1-10H3,(H,36,38)/t24-,25-,26+,27?,32-,33+,34+,35+;24-,25-,26+,32-,33+,34+,35+/m00/s1. The number of allylic oxidation sites excluding steroid dienone is 6. The van der Waals surface area contributed by atoms with Gasteiger partial charge in [0.2, 0.25) is 0 Å². The maximum absolute atomic E-state index is 12.9. The van der Waals surface area contributed by atoms with Crippen LogP contribution in [-0.4, -0.2) is 53.5 Å². The Morgan fingerprint density at radius 2 is 0.974 bits per heavy atom. The van der Waals surface area contributed by atoms with Crippen LogP contribution in [0.3, 0.4) is 0 Å². The molecule has 0 aromatic heterocycles. The second kappa shape index (κ2) is 19.0. The molecule has 3 N–H and O–H groups in total. The number of hydrogen-bond donors (Lipinski definition) is 3. The quantitative estimate of drug-likeness (QED) is 0.242. The molecule has 1 unspecified atom stereocenters. The lowest BCUT2D eigenvalue weighted by atomic mass is 9.33. The molecule has 0 saturated heterocycles. The minimum absolute atomic E-state index is 0.0122. The van der Waals surface area contributed by atoms with Crippen LogP contribution in [0.2, 0.25) is 0 Å². The third kappa shape index (κ3) is 9.48. The molecule has 10 rings (SSSR count). The fourth-order valence-electron chi connectivity index (χ4n) is 21.8. The molecule has 2 amide bonds. The Kier molecular flexibility index (Phi) is 14.6. The maximum atomic E-state index is 12.9. The van der Waals surface area contributed by atoms with Crippen LogP contribution in [0.4, 0.5) is 9.59 Å². The number of amides is 2. The van der Waals surface area contributed by atoms with Gasteiger partial charge in [-0.2, -0.15) is 0 Å². The van der Waals surface area contributed by atoms with E-state index in [4.69, 9.17) is 9.47 Å². The summed E-state index contributed by atoms with van der Waals surface area (Å²) in [6.45, 7) is 47.4. The van der Waals surface area contributed by atoms with Gasteiger partial charge in [-0.05, 0) is 258 Å². The molecule has 0 radical (unpaired) electrons. The topological polar surface area (TPSA) is 114 Å². The molecule has 7 saturated carbocycles. The van der Waals surface area contributed by atoms with Crippen LogP contribution in [0.25, 0.3) is 0 Å². The average molecular weight is 1080 g/mol. The van der Waals surface area contributed by atoms with Gasteiger partial charge in [-0.15, -0.1) is 0 Å². The summed E-state index contributed by atoms with van der Waals surface area (Å²) in [4.78, 5) is 38.5. The molecule has 0 heterocycles. The fraction of sp³-hybridized carbons (Fsp3) is 0.871. The molecule has 440 valence electrons. The van der Waals surface area contributed by atoms with E-state index in [1.54, 1.807) is 11.1 Å². The summed E-state index contributed by atoms with van der Waals surface area (Å²) in [5, 5.41) is 17.5. The van der Waals surface area contributed by atoms with E-state index in [1.165, 1.54) is 77.0 Å². The van der Waals surface area contributed by atoms with Crippen LogP contribution in [0.1, 0.15) is 254 Å². The van der Waals surface area contributed by atoms with Crippen molar-refractivity contribution in [1.29, 1.82) is 0 Å². The van der Waals surface area contributed by atoms with Crippen LogP contribution >= 0.6 is 0 Å². The molecule has 0 aromatic rings. The van der Waals surface area contributed by atoms with Gasteiger partial charge in [0, 0.05) is 18.5 Å². The SMILES string of the molecule is CC1(C)CC[C@]2(CNC(=O)OC(C)(C)C)CC[C@]3(C)C(=CC[C@@H]4[C@@]5(C)C=CC(=O)C(C)(C)[C@@H]5CC[C@]43C)[C@@H]2C1.CC1(C)CC[C@]2(CNC(=O)OC(C)(C)C)CC[C@]3(C)C(=CC[C@@H]4[C@@]5(C)CCC(O)C(C)(C)[C@@H]5CC[C@]43C)[C@@H]2C1. The van der Waals surface area contributed by atoms with Gasteiger partial charge in [0.05, 0.1) is 6.10 Å². The number of ether oxygens (including phenoxy) is 2. The van der Waals surface area contributed by atoms with E-state index in [9.17, 15) is 19.5 Å². The zero-order valence-electron chi connectivity index (χ0n) is 53.5. The molecular formula is C70H114N2O6. The monoisotopic (exact) mass is 1080 g/mol. The number of hydrogen-bond acceptors (Lipinski definition) is 6. The molecule has 10 aliphatic rings. The molecule has 0 aromatic carbocycles. The summed E-state index contributed by atoms with van der Waals surface area (Å²) >= 11 is 0. The normalized spacial score (nSPS) is 45.3. The molecule has 0 aliphatic heterocycles. The number of aliphatic hydroxyl groups is 1. The van der Waals surface area contributed by atoms with Crippen molar-refractivity contribution in [2.75, 3.05) is 13.1 Å². The highest BCUT2D eigenvalue weighted by Crippen LogP contribution is 2.77. The number of carbonyl (C=O) groups excluding carboxylic acids is 3. The summed E-state index contributed by atoms with van der Waals surface area (Å²) in [7, 11) is 0. The Morgan fingerprint density at radius 1 is 0.551 bits per heavy atom. The van der Waals surface area contributed by atoms with Gasteiger partial charge < -0.3 is 25.2 Å². The number of rotatable bonds is 4. The molecule has 7 fully saturated rings. The maximum Gasteiger partial charge on any atom is 0.407 e. The van der Waals surface area contributed by atoms with Gasteiger partial charge in [-0.3, -0.25) is 4.79 Å². The average Bonchev–Trinajstić information content (AvgIpc) is 3.43. The Morgan fingerprint density at radius 3 is 1.44 bits per heavy atom. The van der Waals surface area contributed by atoms with Gasteiger partial charge in [-0.25, -0.2) is 9.59 Å². The van der Waals surface area contributed by atoms with E-state index >= 15 is 0 Å². The largest absolute Gasteiger partial charge is 0.444 e. The molecule has 8 heteroatoms. The molecular weight excluding hydrogens is 965 g/mol. The summed E-state index contributed by atoms with van der Waals surface area (Å²) in [6.07, 6.45) is 29.9. The minimum atomic E-state index is -0.488. The van der Waals surface area contributed by atoms with E-state index < -0.39 is 11.2 Å². The summed E-state index contributed by atoms with van der Waals surface area (Å²) in [5.74, 6) is 3.48. The molecule has 0 bridgehead atoms. The number of nitrogens with one attached hydrogen (secondary N) is 2. The lowest BCUT2D eigenvalue weighted by Gasteiger charge is -2.71. The fourth-order valence-corrected chi connectivity index (χ4v) is 21.8. The zero-order valence-corrected chi connectivity index (χ0v) is 53.5. The highest BCUT2D eigenvalue weighted by Gasteiger charge is 2.70. The smallest absolute Gasteiger partial charge is 0.407 e. The van der Waals surface area contributed by atoms with Crippen molar-refractivity contribution in [3.8, 4) is 0 Å². The van der Waals surface area contributed by atoms with Gasteiger partial charge in [-0.1, -0.05) is 126 Å². The number of ketones is 1. The van der Waals surface area contributed by atoms with Crippen LogP contribution in [-0.2, 0) is 14.3 Å². The summed E-state index contributed by atoms with van der Waals surface area (Å²) < 4.78 is 11.3. The molecule has 0 spiro atoms. The summed E-state index contributed by atoms with van der Waals surface area (Å²) in [5.41, 5.74) is 4.09. The predicted molar refractivity (Wildman–Crippen MR) is 317 cm³/mol. The van der Waals surface area contributed by atoms with E-state index in [1.807, 2.05) is 47.6 Å². The molecule has 78 heavy (non-hydrogen) atoms. The van der Waals surface area contributed by atoms with Crippen molar-refractivity contribution in [2.45, 2.75) is 271 Å². The molecule has 15 atom stereocenters. The van der Waals surface area contributed by atoms with Crippen molar-refractivity contribution >= 4 is 18.0 Å². The first kappa shape index (κ1) is 60.0. The van der Waals surface area contributed by atoms with Gasteiger partial charge in [0.1, 0.15) is 11.2 Å². The van der Waals surface area contributed by atoms with E-state index in [0.717, 1.165) is 45.1 Å². The van der Waals surface area contributed by atoms with Crippen molar-refractivity contribution < 1.29 is 29.0 Å². The van der Waals surface area contributed by atoms with Crippen molar-refractivity contribution in [3.05, 3.63) is 35.5 Å². The second-order valence-corrected chi connectivity index (χ2v) is 35.0. The minimum Gasteiger partial charge on any atom is -0.444 e. The third-order valence-electron chi connectivity index (χ3n) is 26.8. The second-order valence-electron chi connectivity index (χ2n) is 35.0. The number of alkyl carbamates (subject to hydrolysis) is 2. The number of carbonyl (C=O) groups is 3. The first-order valence-corrected chi connectivity index (χ1v) is 31.9. The van der Waals surface area contributed by atoms with E-state index in [0.29, 0.717) is 58.7 Å². The Balaban J connectivity index is 0.000000190. The number of fused-ring (bicyclic) bond motifs is 14. The van der Waals surface area contributed by atoms with E-state index in [-0.39, 0.29) is 72.4 Å². The zero-order chi connectivity index (χ0) is 57.7. The van der Waals surface area contributed by atoms with Crippen LogP contribution < -0.4 is 10.6 Å². The van der Waals surface area contributed by atoms with Gasteiger partial charge in [0.15, 0.2) is 5.78 Å². The first-order valence-electron chi connectivity index (χ1n) is 31.9. The van der Waals surface area contributed by atoms with Crippen molar-refractivity contribution in [3.63, 3.8) is 0 Å². The predicted octanol–water partition coefficient (Wildman–Crippen LogP) is 17.3. The lowest BCUT2D eigenvalue weighted by Crippen LogP contribution is -2.65. The number of aliphatic hydroxyl groups excluding tert-OH is 1. The Bertz CT molecular complexity index is 2460. The van der Waals surface area contributed by atoms with Gasteiger partial charge in [0.25, 0.3) is 0 Å².